The highest BCUT2D eigenvalue weighted by Gasteiger charge is 2.35. The molecule has 76 valence electrons. The maximum absolute atomic E-state index is 13.4. The molecule has 14 heavy (non-hydrogen) atoms. The number of nitrogens with one attached hydrogen (secondary N) is 1. The molecule has 1 fully saturated rings. The lowest BCUT2D eigenvalue weighted by molar-refractivity contribution is -0.00980. The van der Waals surface area contributed by atoms with Crippen molar-refractivity contribution >= 4 is 0 Å². The highest BCUT2D eigenvalue weighted by molar-refractivity contribution is 5.29. The second kappa shape index (κ2) is 3.33. The summed E-state index contributed by atoms with van der Waals surface area (Å²) in [7, 11) is 0. The van der Waals surface area contributed by atoms with Crippen molar-refractivity contribution in [1.29, 1.82) is 0 Å². The number of hydrogen-bond donors (Lipinski definition) is 2. The Kier molecular flexibility index (Phi) is 2.29. The van der Waals surface area contributed by atoms with E-state index in [-0.39, 0.29) is 5.82 Å². The Morgan fingerprint density at radius 1 is 1.50 bits per heavy atom. The van der Waals surface area contributed by atoms with Crippen molar-refractivity contribution in [3.63, 3.8) is 0 Å². The summed E-state index contributed by atoms with van der Waals surface area (Å²) in [6.07, 6.45) is 0.401. The second-order valence-electron chi connectivity index (χ2n) is 4.04. The number of β-amino-alcohol motifs (C(OH)–C–C–N with tert-alkyl or cyclic N) is 1. The Morgan fingerprint density at radius 2 is 2.21 bits per heavy atom. The molecule has 2 N–H and O–H groups in total. The van der Waals surface area contributed by atoms with Crippen LogP contribution in [0, 0.1) is 12.7 Å². The third kappa shape index (κ3) is 1.65. The summed E-state index contributed by atoms with van der Waals surface area (Å²) in [6.45, 7) is 2.98. The fraction of sp³-hybridized carbons (Fsp3) is 0.455. The minimum absolute atomic E-state index is 0.217. The zero-order chi connectivity index (χ0) is 10.2. The highest BCUT2D eigenvalue weighted by Crippen LogP contribution is 2.22. The lowest BCUT2D eigenvalue weighted by Crippen LogP contribution is -2.60. The molecule has 2 rings (SSSR count). The fourth-order valence-corrected chi connectivity index (χ4v) is 1.76. The quantitative estimate of drug-likeness (QED) is 0.738. The van der Waals surface area contributed by atoms with Crippen LogP contribution in [-0.4, -0.2) is 23.8 Å². The number of aliphatic hydroxyl groups is 1. The normalized spacial score (nSPS) is 19.1. The van der Waals surface area contributed by atoms with Crippen molar-refractivity contribution in [1.82, 2.24) is 5.32 Å². The first-order chi connectivity index (χ1) is 6.61. The maximum atomic E-state index is 13.4. The van der Waals surface area contributed by atoms with Gasteiger partial charge in [0.15, 0.2) is 0 Å². The van der Waals surface area contributed by atoms with Crippen LogP contribution in [0.5, 0.6) is 0 Å². The van der Waals surface area contributed by atoms with Crippen LogP contribution in [-0.2, 0) is 6.42 Å². The van der Waals surface area contributed by atoms with E-state index in [9.17, 15) is 9.50 Å². The van der Waals surface area contributed by atoms with Crippen molar-refractivity contribution in [2.45, 2.75) is 18.9 Å². The zero-order valence-corrected chi connectivity index (χ0v) is 8.18. The van der Waals surface area contributed by atoms with Crippen LogP contribution >= 0.6 is 0 Å². The van der Waals surface area contributed by atoms with E-state index in [0.717, 1.165) is 5.56 Å². The summed E-state index contributed by atoms with van der Waals surface area (Å²) >= 11 is 0. The van der Waals surface area contributed by atoms with Gasteiger partial charge in [0.05, 0.1) is 5.60 Å². The summed E-state index contributed by atoms with van der Waals surface area (Å²) < 4.78 is 13.4. The average molecular weight is 195 g/mol. The van der Waals surface area contributed by atoms with E-state index in [4.69, 9.17) is 0 Å². The minimum atomic E-state index is -0.743. The Morgan fingerprint density at radius 3 is 2.71 bits per heavy atom. The summed E-state index contributed by atoms with van der Waals surface area (Å²) in [6, 6.07) is 5.00. The third-order valence-electron chi connectivity index (χ3n) is 2.77. The van der Waals surface area contributed by atoms with Crippen LogP contribution in [0.3, 0.4) is 0 Å². The first-order valence-corrected chi connectivity index (χ1v) is 4.78. The van der Waals surface area contributed by atoms with Crippen molar-refractivity contribution in [3.05, 3.63) is 35.1 Å². The molecule has 1 saturated heterocycles. The van der Waals surface area contributed by atoms with Crippen LogP contribution in [0.15, 0.2) is 18.2 Å². The summed E-state index contributed by atoms with van der Waals surface area (Å²) in [5, 5.41) is 12.9. The van der Waals surface area contributed by atoms with Gasteiger partial charge in [0.2, 0.25) is 0 Å². The monoisotopic (exact) mass is 195 g/mol. The van der Waals surface area contributed by atoms with Gasteiger partial charge in [-0.3, -0.25) is 0 Å². The first kappa shape index (κ1) is 9.62. The first-order valence-electron chi connectivity index (χ1n) is 4.78. The van der Waals surface area contributed by atoms with Gasteiger partial charge in [0.25, 0.3) is 0 Å². The Labute approximate surface area is 82.8 Å². The van der Waals surface area contributed by atoms with Gasteiger partial charge in [0, 0.05) is 19.5 Å². The molecule has 3 heteroatoms. The smallest absolute Gasteiger partial charge is 0.126 e. The van der Waals surface area contributed by atoms with E-state index in [1.165, 1.54) is 6.07 Å². The zero-order valence-electron chi connectivity index (χ0n) is 8.18. The number of benzene rings is 1. The molecular weight excluding hydrogens is 181 g/mol. The van der Waals surface area contributed by atoms with Crippen molar-refractivity contribution < 1.29 is 9.50 Å². The highest BCUT2D eigenvalue weighted by atomic mass is 19.1. The van der Waals surface area contributed by atoms with E-state index < -0.39 is 5.60 Å². The van der Waals surface area contributed by atoms with E-state index in [1.54, 1.807) is 6.07 Å². The van der Waals surface area contributed by atoms with Crippen molar-refractivity contribution in [2.75, 3.05) is 13.1 Å². The Hall–Kier alpha value is -0.930. The molecule has 1 aromatic carbocycles. The third-order valence-corrected chi connectivity index (χ3v) is 2.77. The fourth-order valence-electron chi connectivity index (χ4n) is 1.76. The minimum Gasteiger partial charge on any atom is -0.387 e. The topological polar surface area (TPSA) is 32.3 Å². The summed E-state index contributed by atoms with van der Waals surface area (Å²) in [5.74, 6) is -0.217. The molecular formula is C11H14FNO. The predicted octanol–water partition coefficient (Wildman–Crippen LogP) is 1.01. The van der Waals surface area contributed by atoms with Gasteiger partial charge in [-0.15, -0.1) is 0 Å². The van der Waals surface area contributed by atoms with Crippen LogP contribution in [0.1, 0.15) is 11.1 Å². The molecule has 1 aliphatic heterocycles. The number of aryl methyl sites for hydroxylation is 1. The maximum Gasteiger partial charge on any atom is 0.126 e. The molecule has 0 aliphatic carbocycles. The average Bonchev–Trinajstić information content (AvgIpc) is 2.09. The predicted molar refractivity (Wildman–Crippen MR) is 52.7 cm³/mol. The molecule has 1 aliphatic rings. The number of halogens is 1. The lowest BCUT2D eigenvalue weighted by atomic mass is 9.87. The van der Waals surface area contributed by atoms with Crippen molar-refractivity contribution in [3.8, 4) is 0 Å². The molecule has 0 saturated carbocycles. The van der Waals surface area contributed by atoms with E-state index in [2.05, 4.69) is 5.32 Å². The molecule has 0 amide bonds. The van der Waals surface area contributed by atoms with Gasteiger partial charge in [0.1, 0.15) is 5.82 Å². The SMILES string of the molecule is Cc1cccc(F)c1CC1(O)CNC1. The molecule has 1 heterocycles. The largest absolute Gasteiger partial charge is 0.387 e. The van der Waals surface area contributed by atoms with E-state index in [0.29, 0.717) is 25.1 Å². The molecule has 1 aromatic rings. The van der Waals surface area contributed by atoms with Gasteiger partial charge in [-0.05, 0) is 24.1 Å². The van der Waals surface area contributed by atoms with Crippen LogP contribution in [0.4, 0.5) is 4.39 Å². The molecule has 0 bridgehead atoms. The Bertz CT molecular complexity index is 327. The summed E-state index contributed by atoms with van der Waals surface area (Å²) in [5.41, 5.74) is 0.800. The van der Waals surface area contributed by atoms with Gasteiger partial charge in [-0.2, -0.15) is 0 Å². The number of rotatable bonds is 2. The Balaban J connectivity index is 2.23. The number of hydrogen-bond acceptors (Lipinski definition) is 2. The van der Waals surface area contributed by atoms with Gasteiger partial charge >= 0.3 is 0 Å². The second-order valence-corrected chi connectivity index (χ2v) is 4.04. The molecule has 2 nitrogen and oxygen atoms in total. The van der Waals surface area contributed by atoms with Crippen LogP contribution in [0.25, 0.3) is 0 Å². The molecule has 0 spiro atoms. The lowest BCUT2D eigenvalue weighted by Gasteiger charge is -2.38. The molecule has 0 unspecified atom stereocenters. The van der Waals surface area contributed by atoms with Crippen LogP contribution in [0.2, 0.25) is 0 Å². The van der Waals surface area contributed by atoms with E-state index >= 15 is 0 Å². The van der Waals surface area contributed by atoms with Gasteiger partial charge in [-0.25, -0.2) is 4.39 Å². The summed E-state index contributed by atoms with van der Waals surface area (Å²) in [4.78, 5) is 0. The van der Waals surface area contributed by atoms with Crippen LogP contribution < -0.4 is 5.32 Å². The molecule has 0 atom stereocenters. The van der Waals surface area contributed by atoms with E-state index in [1.807, 2.05) is 13.0 Å². The van der Waals surface area contributed by atoms with Gasteiger partial charge < -0.3 is 10.4 Å². The van der Waals surface area contributed by atoms with Crippen molar-refractivity contribution in [2.24, 2.45) is 0 Å². The van der Waals surface area contributed by atoms with Gasteiger partial charge in [-0.1, -0.05) is 12.1 Å². The molecule has 0 aromatic heterocycles. The standard InChI is InChI=1S/C11H14FNO/c1-8-3-2-4-10(12)9(8)5-11(14)6-13-7-11/h2-4,13-14H,5-7H2,1H3. The molecule has 0 radical (unpaired) electrons.